The van der Waals surface area contributed by atoms with Crippen LogP contribution in [-0.2, 0) is 9.53 Å². The maximum atomic E-state index is 11.6. The minimum atomic E-state index is -0.436. The van der Waals surface area contributed by atoms with Gasteiger partial charge in [-0.2, -0.15) is 0 Å². The van der Waals surface area contributed by atoms with Gasteiger partial charge in [-0.1, -0.05) is 0 Å². The number of hydrogen-bond acceptors (Lipinski definition) is 4. The second-order valence-electron chi connectivity index (χ2n) is 4.12. The fraction of sp³-hybridized carbons (Fsp3) is 0.583. The SMILES string of the molecule is COC(C)C(=O)NCC(c1ccco1)N(C)C. The van der Waals surface area contributed by atoms with Gasteiger partial charge in [-0.15, -0.1) is 0 Å². The van der Waals surface area contributed by atoms with Crippen molar-refractivity contribution >= 4 is 5.91 Å². The molecule has 17 heavy (non-hydrogen) atoms. The van der Waals surface area contributed by atoms with Crippen LogP contribution in [0.3, 0.4) is 0 Å². The Hall–Kier alpha value is -1.33. The lowest BCUT2D eigenvalue weighted by molar-refractivity contribution is -0.130. The van der Waals surface area contributed by atoms with E-state index >= 15 is 0 Å². The van der Waals surface area contributed by atoms with Crippen molar-refractivity contribution in [1.82, 2.24) is 10.2 Å². The summed E-state index contributed by atoms with van der Waals surface area (Å²) in [5.41, 5.74) is 0. The van der Waals surface area contributed by atoms with Crippen LogP contribution >= 0.6 is 0 Å². The second kappa shape index (κ2) is 6.42. The third kappa shape index (κ3) is 3.87. The highest BCUT2D eigenvalue weighted by Gasteiger charge is 2.19. The molecule has 0 saturated carbocycles. The van der Waals surface area contributed by atoms with E-state index in [1.54, 1.807) is 13.2 Å². The van der Waals surface area contributed by atoms with Gasteiger partial charge in [-0.05, 0) is 33.2 Å². The quantitative estimate of drug-likeness (QED) is 0.807. The Labute approximate surface area is 102 Å². The molecule has 1 aromatic heterocycles. The van der Waals surface area contributed by atoms with Gasteiger partial charge in [-0.25, -0.2) is 0 Å². The molecule has 2 unspecified atom stereocenters. The van der Waals surface area contributed by atoms with Gasteiger partial charge in [0.1, 0.15) is 11.9 Å². The molecule has 0 aliphatic rings. The number of methoxy groups -OCH3 is 1. The van der Waals surface area contributed by atoms with Crippen molar-refractivity contribution in [3.8, 4) is 0 Å². The normalized spacial score (nSPS) is 14.6. The molecule has 1 heterocycles. The average molecular weight is 240 g/mol. The first-order valence-corrected chi connectivity index (χ1v) is 5.56. The molecule has 0 bridgehead atoms. The molecule has 1 rings (SSSR count). The molecular weight excluding hydrogens is 220 g/mol. The molecule has 5 nitrogen and oxygen atoms in total. The second-order valence-corrected chi connectivity index (χ2v) is 4.12. The smallest absolute Gasteiger partial charge is 0.248 e. The minimum absolute atomic E-state index is 0.0259. The van der Waals surface area contributed by atoms with Gasteiger partial charge >= 0.3 is 0 Å². The first kappa shape index (κ1) is 13.7. The lowest BCUT2D eigenvalue weighted by Crippen LogP contribution is -2.39. The maximum Gasteiger partial charge on any atom is 0.248 e. The highest BCUT2D eigenvalue weighted by atomic mass is 16.5. The lowest BCUT2D eigenvalue weighted by Gasteiger charge is -2.23. The fourth-order valence-electron chi connectivity index (χ4n) is 1.47. The topological polar surface area (TPSA) is 54.7 Å². The van der Waals surface area contributed by atoms with Crippen LogP contribution in [-0.4, -0.2) is 44.7 Å². The average Bonchev–Trinajstić information content (AvgIpc) is 2.81. The van der Waals surface area contributed by atoms with Crippen LogP contribution < -0.4 is 5.32 Å². The van der Waals surface area contributed by atoms with Crippen molar-refractivity contribution in [2.45, 2.75) is 19.1 Å². The molecule has 0 spiro atoms. The molecule has 5 heteroatoms. The van der Waals surface area contributed by atoms with Crippen molar-refractivity contribution in [2.24, 2.45) is 0 Å². The van der Waals surface area contributed by atoms with Crippen LogP contribution in [0.5, 0.6) is 0 Å². The summed E-state index contributed by atoms with van der Waals surface area (Å²) in [4.78, 5) is 13.6. The zero-order valence-corrected chi connectivity index (χ0v) is 10.8. The summed E-state index contributed by atoms with van der Waals surface area (Å²) in [6, 6.07) is 3.76. The third-order valence-electron chi connectivity index (χ3n) is 2.69. The van der Waals surface area contributed by atoms with E-state index < -0.39 is 6.10 Å². The molecule has 1 amide bonds. The zero-order valence-electron chi connectivity index (χ0n) is 10.8. The lowest BCUT2D eigenvalue weighted by atomic mass is 10.2. The predicted octanol–water partition coefficient (Wildman–Crippen LogP) is 1.03. The molecule has 1 N–H and O–H groups in total. The summed E-state index contributed by atoms with van der Waals surface area (Å²) in [7, 11) is 5.40. The standard InChI is InChI=1S/C12H20N2O3/c1-9(16-4)12(15)13-8-10(14(2)3)11-6-5-7-17-11/h5-7,9-10H,8H2,1-4H3,(H,13,15). The van der Waals surface area contributed by atoms with E-state index in [1.807, 2.05) is 31.1 Å². The van der Waals surface area contributed by atoms with E-state index in [4.69, 9.17) is 9.15 Å². The predicted molar refractivity (Wildman–Crippen MR) is 64.6 cm³/mol. The van der Waals surface area contributed by atoms with E-state index in [-0.39, 0.29) is 11.9 Å². The summed E-state index contributed by atoms with van der Waals surface area (Å²) in [5, 5.41) is 2.84. The summed E-state index contributed by atoms with van der Waals surface area (Å²) in [6.45, 7) is 2.21. The molecule has 1 aromatic rings. The largest absolute Gasteiger partial charge is 0.468 e. The van der Waals surface area contributed by atoms with Gasteiger partial charge in [0, 0.05) is 13.7 Å². The van der Waals surface area contributed by atoms with Crippen molar-refractivity contribution in [3.05, 3.63) is 24.2 Å². The van der Waals surface area contributed by atoms with Crippen LogP contribution in [0.15, 0.2) is 22.8 Å². The highest BCUT2D eigenvalue weighted by Crippen LogP contribution is 2.17. The number of hydrogen-bond donors (Lipinski definition) is 1. The van der Waals surface area contributed by atoms with Crippen molar-refractivity contribution in [2.75, 3.05) is 27.7 Å². The molecule has 0 aliphatic carbocycles. The number of carbonyl (C=O) groups is 1. The van der Waals surface area contributed by atoms with Crippen LogP contribution in [0, 0.1) is 0 Å². The van der Waals surface area contributed by atoms with Crippen molar-refractivity contribution < 1.29 is 13.9 Å². The Bertz CT molecular complexity index is 336. The van der Waals surface area contributed by atoms with Gasteiger partial charge in [0.15, 0.2) is 0 Å². The van der Waals surface area contributed by atoms with Crippen LogP contribution in [0.25, 0.3) is 0 Å². The Morgan fingerprint density at radius 2 is 2.29 bits per heavy atom. The number of rotatable bonds is 6. The van der Waals surface area contributed by atoms with E-state index in [0.717, 1.165) is 5.76 Å². The van der Waals surface area contributed by atoms with Gasteiger partial charge in [0.05, 0.1) is 12.3 Å². The molecule has 0 saturated heterocycles. The third-order valence-corrected chi connectivity index (χ3v) is 2.69. The number of likely N-dealkylation sites (N-methyl/N-ethyl adjacent to an activating group) is 1. The molecule has 0 radical (unpaired) electrons. The monoisotopic (exact) mass is 240 g/mol. The first-order valence-electron chi connectivity index (χ1n) is 5.56. The van der Waals surface area contributed by atoms with Gasteiger partial charge < -0.3 is 14.5 Å². The Morgan fingerprint density at radius 3 is 2.76 bits per heavy atom. The zero-order chi connectivity index (χ0) is 12.8. The van der Waals surface area contributed by atoms with Crippen LogP contribution in [0.2, 0.25) is 0 Å². The minimum Gasteiger partial charge on any atom is -0.468 e. The van der Waals surface area contributed by atoms with E-state index in [0.29, 0.717) is 6.54 Å². The van der Waals surface area contributed by atoms with E-state index in [1.165, 1.54) is 7.11 Å². The molecule has 2 atom stereocenters. The van der Waals surface area contributed by atoms with Gasteiger partial charge in [0.25, 0.3) is 0 Å². The Kier molecular flexibility index (Phi) is 5.18. The Balaban J connectivity index is 2.55. The van der Waals surface area contributed by atoms with E-state index in [2.05, 4.69) is 5.32 Å². The molecule has 96 valence electrons. The summed E-state index contributed by atoms with van der Waals surface area (Å²) >= 11 is 0. The molecule has 0 aliphatic heterocycles. The number of nitrogens with zero attached hydrogens (tertiary/aromatic N) is 1. The number of carbonyl (C=O) groups excluding carboxylic acids is 1. The number of ether oxygens (including phenoxy) is 1. The van der Waals surface area contributed by atoms with Gasteiger partial charge in [0.2, 0.25) is 5.91 Å². The maximum absolute atomic E-state index is 11.6. The van der Waals surface area contributed by atoms with Crippen molar-refractivity contribution in [1.29, 1.82) is 0 Å². The van der Waals surface area contributed by atoms with E-state index in [9.17, 15) is 4.79 Å². The summed E-state index contributed by atoms with van der Waals surface area (Å²) < 4.78 is 10.3. The fourth-order valence-corrected chi connectivity index (χ4v) is 1.47. The van der Waals surface area contributed by atoms with Gasteiger partial charge in [-0.3, -0.25) is 9.69 Å². The first-order chi connectivity index (χ1) is 8.06. The number of nitrogens with one attached hydrogen (secondary N) is 1. The van der Waals surface area contributed by atoms with Crippen LogP contribution in [0.1, 0.15) is 18.7 Å². The number of amides is 1. The summed E-state index contributed by atoms with van der Waals surface area (Å²) in [5.74, 6) is 0.714. The summed E-state index contributed by atoms with van der Waals surface area (Å²) in [6.07, 6.45) is 1.19. The molecule has 0 fully saturated rings. The van der Waals surface area contributed by atoms with Crippen molar-refractivity contribution in [3.63, 3.8) is 0 Å². The highest BCUT2D eigenvalue weighted by molar-refractivity contribution is 5.80. The Morgan fingerprint density at radius 1 is 1.59 bits per heavy atom. The number of furan rings is 1. The molecular formula is C12H20N2O3. The molecule has 0 aromatic carbocycles. The van der Waals surface area contributed by atoms with Crippen LogP contribution in [0.4, 0.5) is 0 Å².